The van der Waals surface area contributed by atoms with Crippen LogP contribution in [0.1, 0.15) is 28.8 Å². The number of benzene rings is 1. The molecule has 7 heteroatoms. The molecule has 2 aromatic heterocycles. The van der Waals surface area contributed by atoms with Crippen LogP contribution in [0.15, 0.2) is 72.4 Å². The van der Waals surface area contributed by atoms with E-state index in [1.165, 1.54) is 11.1 Å². The number of rotatable bonds is 9. The van der Waals surface area contributed by atoms with Gasteiger partial charge in [-0.15, -0.1) is 11.3 Å². The van der Waals surface area contributed by atoms with Gasteiger partial charge in [-0.2, -0.15) is 0 Å². The second-order valence-electron chi connectivity index (χ2n) is 10.0. The molecule has 194 valence electrons. The van der Waals surface area contributed by atoms with Crippen molar-refractivity contribution >= 4 is 23.3 Å². The lowest BCUT2D eigenvalue weighted by Crippen LogP contribution is -2.45. The Morgan fingerprint density at radius 3 is 2.46 bits per heavy atom. The second kappa shape index (κ2) is 13.0. The van der Waals surface area contributed by atoms with Crippen molar-refractivity contribution in [1.29, 1.82) is 0 Å². The summed E-state index contributed by atoms with van der Waals surface area (Å²) in [5.41, 5.74) is 2.60. The quantitative estimate of drug-likeness (QED) is 0.383. The third kappa shape index (κ3) is 7.74. The van der Waals surface area contributed by atoms with Crippen LogP contribution in [0.4, 0.5) is 0 Å². The molecular weight excluding hydrogens is 480 g/mol. The molecule has 0 aliphatic carbocycles. The molecular formula is C30H36N4O2S. The Hall–Kier alpha value is -3.00. The highest BCUT2D eigenvalue weighted by Gasteiger charge is 2.23. The molecule has 5 rings (SSSR count). The van der Waals surface area contributed by atoms with Crippen LogP contribution in [-0.2, 0) is 17.9 Å². The highest BCUT2D eigenvalue weighted by Crippen LogP contribution is 2.21. The first kappa shape index (κ1) is 25.6. The van der Waals surface area contributed by atoms with Crippen molar-refractivity contribution in [2.24, 2.45) is 5.92 Å². The number of pyridine rings is 1. The molecule has 0 spiro atoms. The lowest BCUT2D eigenvalue weighted by atomic mass is 9.99. The van der Waals surface area contributed by atoms with Gasteiger partial charge >= 0.3 is 0 Å². The van der Waals surface area contributed by atoms with E-state index in [1.807, 2.05) is 46.9 Å². The number of carbonyl (C=O) groups excluding carboxylic acids is 1. The SMILES string of the molecule is O=C(C=Cc1cccs1)N1CCCC(COc2ccc(CN3CCN(Cc4cccnc4)CC3)cc2)C1. The predicted octanol–water partition coefficient (Wildman–Crippen LogP) is 4.79. The largest absolute Gasteiger partial charge is 0.493 e. The maximum Gasteiger partial charge on any atom is 0.246 e. The van der Waals surface area contributed by atoms with Crippen molar-refractivity contribution in [3.05, 3.63) is 88.4 Å². The Balaban J connectivity index is 1.03. The van der Waals surface area contributed by atoms with Crippen LogP contribution in [0, 0.1) is 5.92 Å². The molecule has 4 heterocycles. The number of aromatic nitrogens is 1. The number of piperidine rings is 1. The minimum atomic E-state index is 0.0976. The summed E-state index contributed by atoms with van der Waals surface area (Å²) in [4.78, 5) is 24.9. The van der Waals surface area contributed by atoms with E-state index >= 15 is 0 Å². The van der Waals surface area contributed by atoms with Gasteiger partial charge in [-0.25, -0.2) is 0 Å². The lowest BCUT2D eigenvalue weighted by Gasteiger charge is -2.34. The lowest BCUT2D eigenvalue weighted by molar-refractivity contribution is -0.127. The van der Waals surface area contributed by atoms with Gasteiger partial charge in [0.2, 0.25) is 5.91 Å². The molecule has 0 radical (unpaired) electrons. The highest BCUT2D eigenvalue weighted by molar-refractivity contribution is 7.10. The number of nitrogens with zero attached hydrogens (tertiary/aromatic N) is 4. The number of amides is 1. The zero-order valence-electron chi connectivity index (χ0n) is 21.4. The van der Waals surface area contributed by atoms with Gasteiger partial charge in [0.25, 0.3) is 0 Å². The molecule has 6 nitrogen and oxygen atoms in total. The van der Waals surface area contributed by atoms with E-state index in [0.717, 1.165) is 75.8 Å². The first-order valence-corrected chi connectivity index (χ1v) is 14.1. The minimum absolute atomic E-state index is 0.0976. The summed E-state index contributed by atoms with van der Waals surface area (Å²) in [6, 6.07) is 16.7. The molecule has 2 fully saturated rings. The average molecular weight is 517 g/mol. The van der Waals surface area contributed by atoms with Crippen molar-refractivity contribution in [1.82, 2.24) is 19.7 Å². The number of hydrogen-bond donors (Lipinski definition) is 0. The Bertz CT molecular complexity index is 1130. The fraction of sp³-hybridized carbons (Fsp3) is 0.400. The minimum Gasteiger partial charge on any atom is -0.493 e. The number of ether oxygens (including phenoxy) is 1. The summed E-state index contributed by atoms with van der Waals surface area (Å²) < 4.78 is 6.13. The Labute approximate surface area is 224 Å². The van der Waals surface area contributed by atoms with E-state index in [-0.39, 0.29) is 5.91 Å². The summed E-state index contributed by atoms with van der Waals surface area (Å²) >= 11 is 1.64. The zero-order valence-corrected chi connectivity index (χ0v) is 22.2. The topological polar surface area (TPSA) is 48.9 Å². The van der Waals surface area contributed by atoms with Crippen LogP contribution in [0.3, 0.4) is 0 Å². The average Bonchev–Trinajstić information content (AvgIpc) is 3.47. The van der Waals surface area contributed by atoms with Gasteiger partial charge in [0.1, 0.15) is 5.75 Å². The fourth-order valence-electron chi connectivity index (χ4n) is 5.06. The van der Waals surface area contributed by atoms with Crippen LogP contribution in [0.5, 0.6) is 5.75 Å². The van der Waals surface area contributed by atoms with Crippen molar-refractivity contribution in [2.45, 2.75) is 25.9 Å². The normalized spacial score (nSPS) is 19.4. The number of likely N-dealkylation sites (tertiary alicyclic amines) is 1. The third-order valence-corrected chi connectivity index (χ3v) is 8.01. The molecule has 3 aromatic rings. The Kier molecular flexibility index (Phi) is 9.00. The zero-order chi connectivity index (χ0) is 25.3. The maximum absolute atomic E-state index is 12.6. The molecule has 0 N–H and O–H groups in total. The fourth-order valence-corrected chi connectivity index (χ4v) is 5.68. The van der Waals surface area contributed by atoms with Crippen molar-refractivity contribution in [2.75, 3.05) is 45.9 Å². The van der Waals surface area contributed by atoms with E-state index in [4.69, 9.17) is 4.74 Å². The number of carbonyl (C=O) groups is 1. The molecule has 1 atom stereocenters. The molecule has 0 saturated carbocycles. The van der Waals surface area contributed by atoms with Crippen LogP contribution in [0.2, 0.25) is 0 Å². The van der Waals surface area contributed by atoms with Crippen LogP contribution >= 0.6 is 11.3 Å². The third-order valence-electron chi connectivity index (χ3n) is 7.17. The molecule has 2 aliphatic heterocycles. The van der Waals surface area contributed by atoms with E-state index in [9.17, 15) is 4.79 Å². The van der Waals surface area contributed by atoms with Gasteiger partial charge in [-0.3, -0.25) is 19.6 Å². The first-order valence-electron chi connectivity index (χ1n) is 13.3. The summed E-state index contributed by atoms with van der Waals surface area (Å²) in [5.74, 6) is 1.38. The monoisotopic (exact) mass is 516 g/mol. The van der Waals surface area contributed by atoms with Gasteiger partial charge in [-0.1, -0.05) is 24.3 Å². The van der Waals surface area contributed by atoms with Gasteiger partial charge < -0.3 is 9.64 Å². The summed E-state index contributed by atoms with van der Waals surface area (Å²) in [6.45, 7) is 8.52. The molecule has 2 aliphatic rings. The first-order chi connectivity index (χ1) is 18.2. The summed E-state index contributed by atoms with van der Waals surface area (Å²) in [6.07, 6.45) is 9.54. The van der Waals surface area contributed by atoms with Gasteiger partial charge in [0.15, 0.2) is 0 Å². The molecule has 37 heavy (non-hydrogen) atoms. The second-order valence-corrected chi connectivity index (χ2v) is 11.0. The Morgan fingerprint density at radius 1 is 0.973 bits per heavy atom. The van der Waals surface area contributed by atoms with Crippen LogP contribution in [0.25, 0.3) is 6.08 Å². The van der Waals surface area contributed by atoms with Crippen molar-refractivity contribution in [3.8, 4) is 5.75 Å². The highest BCUT2D eigenvalue weighted by atomic mass is 32.1. The predicted molar refractivity (Wildman–Crippen MR) is 149 cm³/mol. The standard InChI is InChI=1S/C30H36N4O2S/c35-30(12-11-29-6-3-19-37-29)34-14-2-5-27(23-34)24-36-28-9-7-25(8-10-28)21-32-15-17-33(18-16-32)22-26-4-1-13-31-20-26/h1,3-4,6-13,19-20,27H,2,5,14-18,21-24H2. The Morgan fingerprint density at radius 2 is 1.76 bits per heavy atom. The van der Waals surface area contributed by atoms with Gasteiger partial charge in [0.05, 0.1) is 6.61 Å². The molecule has 1 aromatic carbocycles. The number of piperazine rings is 1. The molecule has 2 saturated heterocycles. The number of thiophene rings is 1. The van der Waals surface area contributed by atoms with Crippen molar-refractivity contribution < 1.29 is 9.53 Å². The number of hydrogen-bond acceptors (Lipinski definition) is 6. The van der Waals surface area contributed by atoms with Gasteiger partial charge in [0, 0.05) is 81.6 Å². The van der Waals surface area contributed by atoms with Gasteiger partial charge in [-0.05, 0) is 59.7 Å². The van der Waals surface area contributed by atoms with Crippen LogP contribution in [-0.4, -0.2) is 71.5 Å². The smallest absolute Gasteiger partial charge is 0.246 e. The van der Waals surface area contributed by atoms with E-state index in [0.29, 0.717) is 12.5 Å². The van der Waals surface area contributed by atoms with Crippen LogP contribution < -0.4 is 4.74 Å². The molecule has 1 unspecified atom stereocenters. The summed E-state index contributed by atoms with van der Waals surface area (Å²) in [7, 11) is 0. The molecule has 1 amide bonds. The maximum atomic E-state index is 12.6. The van der Waals surface area contributed by atoms with E-state index < -0.39 is 0 Å². The summed E-state index contributed by atoms with van der Waals surface area (Å²) in [5, 5.41) is 2.03. The van der Waals surface area contributed by atoms with E-state index in [2.05, 4.69) is 45.1 Å². The van der Waals surface area contributed by atoms with E-state index in [1.54, 1.807) is 17.4 Å². The molecule has 0 bridgehead atoms. The van der Waals surface area contributed by atoms with Crippen molar-refractivity contribution in [3.63, 3.8) is 0 Å².